The van der Waals surface area contributed by atoms with Crippen molar-refractivity contribution in [2.45, 2.75) is 29.4 Å². The molecule has 0 spiro atoms. The lowest BCUT2D eigenvalue weighted by molar-refractivity contribution is -0.137. The van der Waals surface area contributed by atoms with E-state index in [0.29, 0.717) is 0 Å². The summed E-state index contributed by atoms with van der Waals surface area (Å²) in [6.07, 6.45) is 2.15. The predicted molar refractivity (Wildman–Crippen MR) is 250 cm³/mol. The standard InChI is InChI=1S/C41H42N4O18S6/c1-61-39(48)25-65-33-11-7-29(21-37(33)67(53,54)45-14-18-63-19-15-45)41(50)43-31-9-5-27(35(23-31)69(58,59)60)3-2-26-4-8-30(22-34(26)68(55,56)57)42-40(49)28-6-10-32(64-24-38(46)47)36(20-28)66(51,52)44-12-16-62-17-13-44/h2-11,20-23H,12-19,24-25H2,1H3,(H,42,49)(H,43,50)(H,46,47)(H,55,56,57)(H,58,59,60)/b3-2+. The van der Waals surface area contributed by atoms with Gasteiger partial charge in [0.1, 0.15) is 9.79 Å². The van der Waals surface area contributed by atoms with Gasteiger partial charge in [0, 0.05) is 58.5 Å². The van der Waals surface area contributed by atoms with Crippen molar-refractivity contribution in [1.29, 1.82) is 0 Å². The normalized spacial score (nSPS) is 15.4. The summed E-state index contributed by atoms with van der Waals surface area (Å²) in [5, 5.41) is 14.1. The molecule has 6 rings (SSSR count). The Balaban J connectivity index is 1.25. The van der Waals surface area contributed by atoms with Crippen LogP contribution in [0.2, 0.25) is 0 Å². The first-order chi connectivity index (χ1) is 32.5. The molecule has 2 aliphatic rings. The Morgan fingerprint density at radius 2 is 0.986 bits per heavy atom. The SMILES string of the molecule is COC(=O)CSc1ccc(C(=O)Nc2ccc(/C=C/c3ccc(NC(=O)c4ccc(SCC(=O)O)c(S(=O)(=O)N5CCOCC5)c4)cc3S(=O)(=O)O)c(S(=O)(=O)O)c2)cc1S(=O)(=O)N1CCOCC1. The van der Waals surface area contributed by atoms with Crippen LogP contribution in [-0.4, -0.2) is 151 Å². The Kier molecular flexibility index (Phi) is 17.1. The maximum absolute atomic E-state index is 13.7. The number of nitrogens with one attached hydrogen (secondary N) is 2. The highest BCUT2D eigenvalue weighted by Crippen LogP contribution is 2.34. The van der Waals surface area contributed by atoms with E-state index in [1.807, 2.05) is 0 Å². The Hall–Kier alpha value is -5.24. The number of carboxylic acids is 1. The number of methoxy groups -OCH3 is 1. The smallest absolute Gasteiger partial charge is 0.315 e. The van der Waals surface area contributed by atoms with E-state index in [-0.39, 0.29) is 112 Å². The Morgan fingerprint density at radius 1 is 0.594 bits per heavy atom. The summed E-state index contributed by atoms with van der Waals surface area (Å²) in [5.41, 5.74) is -1.21. The summed E-state index contributed by atoms with van der Waals surface area (Å²) < 4.78 is 143. The van der Waals surface area contributed by atoms with E-state index in [1.54, 1.807) is 0 Å². The third-order valence-corrected chi connectivity index (χ3v) is 18.1. The number of carboxylic acid groups (broad SMARTS) is 1. The average Bonchev–Trinajstić information content (AvgIpc) is 3.32. The van der Waals surface area contributed by atoms with Crippen molar-refractivity contribution in [1.82, 2.24) is 8.61 Å². The third-order valence-electron chi connectivity index (χ3n) is 10.1. The van der Waals surface area contributed by atoms with Crippen molar-refractivity contribution in [3.05, 3.63) is 95.1 Å². The molecule has 2 amide bonds. The molecule has 0 unspecified atom stereocenters. The van der Waals surface area contributed by atoms with Crippen LogP contribution in [0, 0.1) is 0 Å². The van der Waals surface area contributed by atoms with Gasteiger partial charge in [0.15, 0.2) is 0 Å². The molecule has 0 radical (unpaired) electrons. The fraction of sp³-hybridized carbons (Fsp3) is 0.268. The first-order valence-corrected chi connectivity index (χ1v) is 27.7. The minimum absolute atomic E-state index is 0.00845. The summed E-state index contributed by atoms with van der Waals surface area (Å²) in [6.45, 7) is 0.567. The van der Waals surface area contributed by atoms with Crippen molar-refractivity contribution in [2.24, 2.45) is 0 Å². The van der Waals surface area contributed by atoms with Crippen LogP contribution in [0.3, 0.4) is 0 Å². The summed E-state index contributed by atoms with van der Waals surface area (Å²) in [6, 6.07) is 13.8. The molecular formula is C41H42N4O18S6. The number of carbonyl (C=O) groups is 4. The number of nitrogens with zero attached hydrogens (tertiary/aromatic N) is 2. The van der Waals surface area contributed by atoms with E-state index in [9.17, 15) is 67.1 Å². The summed E-state index contributed by atoms with van der Waals surface area (Å²) in [4.78, 5) is 48.2. The van der Waals surface area contributed by atoms with Crippen molar-refractivity contribution >= 4 is 111 Å². The van der Waals surface area contributed by atoms with Gasteiger partial charge in [-0.3, -0.25) is 28.3 Å². The molecule has 2 saturated heterocycles. The number of hydrogen-bond acceptors (Lipinski definition) is 17. The van der Waals surface area contributed by atoms with Gasteiger partial charge >= 0.3 is 11.9 Å². The van der Waals surface area contributed by atoms with Gasteiger partial charge in [0.05, 0.1) is 54.8 Å². The van der Waals surface area contributed by atoms with Crippen LogP contribution in [0.15, 0.2) is 102 Å². The van der Waals surface area contributed by atoms with E-state index in [0.717, 1.165) is 76.4 Å². The highest BCUT2D eigenvalue weighted by Gasteiger charge is 2.32. The molecule has 2 fully saturated rings. The maximum Gasteiger partial charge on any atom is 0.315 e. The van der Waals surface area contributed by atoms with Crippen molar-refractivity contribution in [3.8, 4) is 0 Å². The molecule has 5 N–H and O–H groups in total. The van der Waals surface area contributed by atoms with Gasteiger partial charge in [-0.05, 0) is 71.8 Å². The van der Waals surface area contributed by atoms with Gasteiger partial charge in [-0.1, -0.05) is 24.3 Å². The van der Waals surface area contributed by atoms with Crippen molar-refractivity contribution in [3.63, 3.8) is 0 Å². The summed E-state index contributed by atoms with van der Waals surface area (Å²) in [7, 11) is -17.4. The lowest BCUT2D eigenvalue weighted by Gasteiger charge is -2.27. The zero-order chi connectivity index (χ0) is 50.3. The number of sulfonamides is 2. The molecular weight excluding hydrogens is 1030 g/mol. The van der Waals surface area contributed by atoms with Gasteiger partial charge in [-0.25, -0.2) is 16.8 Å². The lowest BCUT2D eigenvalue weighted by Crippen LogP contribution is -2.40. The first kappa shape index (κ1) is 53.1. The van der Waals surface area contributed by atoms with Gasteiger partial charge in [-0.2, -0.15) is 25.4 Å². The van der Waals surface area contributed by atoms with Gasteiger partial charge in [0.2, 0.25) is 20.0 Å². The zero-order valence-electron chi connectivity index (χ0n) is 36.0. The van der Waals surface area contributed by atoms with E-state index >= 15 is 0 Å². The molecule has 0 saturated carbocycles. The van der Waals surface area contributed by atoms with E-state index in [1.165, 1.54) is 47.8 Å². The van der Waals surface area contributed by atoms with Crippen LogP contribution in [0.5, 0.6) is 0 Å². The quantitative estimate of drug-likeness (QED) is 0.0413. The second kappa shape index (κ2) is 22.2. The number of thioether (sulfide) groups is 2. The molecule has 0 atom stereocenters. The molecule has 0 bridgehead atoms. The van der Waals surface area contributed by atoms with Crippen LogP contribution in [0.4, 0.5) is 11.4 Å². The van der Waals surface area contributed by atoms with Crippen LogP contribution < -0.4 is 10.6 Å². The Bertz CT molecular complexity index is 3150. The molecule has 370 valence electrons. The van der Waals surface area contributed by atoms with Gasteiger partial charge in [0.25, 0.3) is 32.1 Å². The number of morpholine rings is 2. The van der Waals surface area contributed by atoms with Crippen LogP contribution in [0.1, 0.15) is 31.8 Å². The number of amides is 2. The van der Waals surface area contributed by atoms with Gasteiger partial charge < -0.3 is 30.0 Å². The minimum Gasteiger partial charge on any atom is -0.481 e. The zero-order valence-corrected chi connectivity index (χ0v) is 40.9. The highest BCUT2D eigenvalue weighted by atomic mass is 32.2. The largest absolute Gasteiger partial charge is 0.481 e. The van der Waals surface area contributed by atoms with Crippen LogP contribution in [0.25, 0.3) is 12.2 Å². The second-order valence-electron chi connectivity index (χ2n) is 14.6. The Morgan fingerprint density at radius 3 is 1.35 bits per heavy atom. The topological polar surface area (TPSA) is 324 Å². The second-order valence-corrected chi connectivity index (χ2v) is 23.2. The monoisotopic (exact) mass is 1070 g/mol. The molecule has 2 aliphatic heterocycles. The number of rotatable bonds is 18. The number of esters is 1. The average molecular weight is 1070 g/mol. The van der Waals surface area contributed by atoms with E-state index in [4.69, 9.17) is 9.47 Å². The van der Waals surface area contributed by atoms with Crippen molar-refractivity contribution in [2.75, 3.05) is 81.9 Å². The third kappa shape index (κ3) is 13.3. The van der Waals surface area contributed by atoms with Crippen molar-refractivity contribution < 1.29 is 81.3 Å². The fourth-order valence-corrected chi connectivity index (χ4v) is 13.5. The summed E-state index contributed by atoms with van der Waals surface area (Å²) in [5.74, 6) is -4.37. The molecule has 4 aromatic rings. The predicted octanol–water partition coefficient (Wildman–Crippen LogP) is 3.34. The molecule has 2 heterocycles. The van der Waals surface area contributed by atoms with Crippen LogP contribution in [-0.2, 0) is 64.1 Å². The fourth-order valence-electron chi connectivity index (χ4n) is 6.66. The lowest BCUT2D eigenvalue weighted by atomic mass is 10.1. The first-order valence-electron chi connectivity index (χ1n) is 20.0. The maximum atomic E-state index is 13.7. The highest BCUT2D eigenvalue weighted by molar-refractivity contribution is 8.01. The van der Waals surface area contributed by atoms with E-state index in [2.05, 4.69) is 15.4 Å². The molecule has 0 aliphatic carbocycles. The summed E-state index contributed by atoms with van der Waals surface area (Å²) >= 11 is 1.60. The van der Waals surface area contributed by atoms with Crippen LogP contribution >= 0.6 is 23.5 Å². The minimum atomic E-state index is -5.06. The molecule has 0 aromatic heterocycles. The molecule has 4 aromatic carbocycles. The molecule has 69 heavy (non-hydrogen) atoms. The van der Waals surface area contributed by atoms with E-state index < -0.39 is 79.6 Å². The molecule has 28 heteroatoms. The number of anilines is 2. The number of ether oxygens (including phenoxy) is 3. The number of benzene rings is 4. The van der Waals surface area contributed by atoms with Gasteiger partial charge in [-0.15, -0.1) is 23.5 Å². The Labute approximate surface area is 405 Å². The number of carbonyl (C=O) groups excluding carboxylic acids is 3. The molecule has 22 nitrogen and oxygen atoms in total. The number of hydrogen-bond donors (Lipinski definition) is 5. The number of aliphatic carboxylic acids is 1.